The average Bonchev–Trinajstić information content (AvgIpc) is 2.43. The summed E-state index contributed by atoms with van der Waals surface area (Å²) < 4.78 is 0. The lowest BCUT2D eigenvalue weighted by Crippen LogP contribution is -2.25. The molecule has 0 saturated heterocycles. The van der Waals surface area contributed by atoms with Gasteiger partial charge in [-0.05, 0) is 24.6 Å². The van der Waals surface area contributed by atoms with Gasteiger partial charge in [-0.2, -0.15) is 0 Å². The van der Waals surface area contributed by atoms with Crippen molar-refractivity contribution in [2.45, 2.75) is 19.4 Å². The van der Waals surface area contributed by atoms with Gasteiger partial charge in [0.2, 0.25) is 0 Å². The summed E-state index contributed by atoms with van der Waals surface area (Å²) in [6, 6.07) is 4.95. The summed E-state index contributed by atoms with van der Waals surface area (Å²) >= 11 is 5.98. The summed E-state index contributed by atoms with van der Waals surface area (Å²) in [6.45, 7) is 2.45. The van der Waals surface area contributed by atoms with E-state index in [-0.39, 0.29) is 19.1 Å². The van der Waals surface area contributed by atoms with Crippen LogP contribution < -0.4 is 10.6 Å². The standard InChI is InChI=1S/C13H19ClN2O3/c1-2-5-15-13(19)11-6-9(3-4-12(11)14)16-7-10(18)8-17/h3-4,6,10,16-18H,2,5,7-8H2,1H3,(H,15,19). The molecule has 0 heterocycles. The Morgan fingerprint density at radius 2 is 2.21 bits per heavy atom. The molecule has 6 heteroatoms. The second kappa shape index (κ2) is 7.99. The van der Waals surface area contributed by atoms with Crippen LogP contribution in [0.1, 0.15) is 23.7 Å². The Bertz CT molecular complexity index is 426. The number of carbonyl (C=O) groups is 1. The minimum Gasteiger partial charge on any atom is -0.394 e. The summed E-state index contributed by atoms with van der Waals surface area (Å²) in [6.07, 6.45) is 0.0114. The number of carbonyl (C=O) groups excluding carboxylic acids is 1. The Labute approximate surface area is 117 Å². The number of hydrogen-bond acceptors (Lipinski definition) is 4. The van der Waals surface area contributed by atoms with E-state index in [4.69, 9.17) is 16.7 Å². The van der Waals surface area contributed by atoms with E-state index in [1.165, 1.54) is 0 Å². The maximum absolute atomic E-state index is 11.9. The summed E-state index contributed by atoms with van der Waals surface area (Å²) in [4.78, 5) is 11.9. The zero-order valence-corrected chi connectivity index (χ0v) is 11.6. The summed E-state index contributed by atoms with van der Waals surface area (Å²) in [5.41, 5.74) is 1.05. The molecule has 19 heavy (non-hydrogen) atoms. The van der Waals surface area contributed by atoms with E-state index in [1.807, 2.05) is 6.92 Å². The molecule has 0 fully saturated rings. The highest BCUT2D eigenvalue weighted by Crippen LogP contribution is 2.20. The van der Waals surface area contributed by atoms with Gasteiger partial charge in [0.1, 0.15) is 0 Å². The molecule has 1 amide bonds. The zero-order chi connectivity index (χ0) is 14.3. The summed E-state index contributed by atoms with van der Waals surface area (Å²) in [5, 5.41) is 24.0. The third kappa shape index (κ3) is 5.06. The van der Waals surface area contributed by atoms with Gasteiger partial charge in [-0.3, -0.25) is 4.79 Å². The topological polar surface area (TPSA) is 81.6 Å². The molecule has 1 rings (SSSR count). The number of amides is 1. The molecule has 0 spiro atoms. The Balaban J connectivity index is 2.73. The van der Waals surface area contributed by atoms with Gasteiger partial charge in [0.25, 0.3) is 5.91 Å². The fourth-order valence-corrected chi connectivity index (χ4v) is 1.65. The van der Waals surface area contributed by atoms with Gasteiger partial charge < -0.3 is 20.8 Å². The number of anilines is 1. The molecule has 1 aromatic rings. The predicted molar refractivity (Wildman–Crippen MR) is 75.7 cm³/mol. The molecule has 5 nitrogen and oxygen atoms in total. The van der Waals surface area contributed by atoms with Crippen molar-refractivity contribution in [2.24, 2.45) is 0 Å². The molecule has 0 aliphatic heterocycles. The average molecular weight is 287 g/mol. The van der Waals surface area contributed by atoms with Crippen LogP contribution in [0, 0.1) is 0 Å². The van der Waals surface area contributed by atoms with Crippen LogP contribution in [0.3, 0.4) is 0 Å². The largest absolute Gasteiger partial charge is 0.394 e. The first-order valence-corrected chi connectivity index (χ1v) is 6.56. The van der Waals surface area contributed by atoms with Crippen LogP contribution >= 0.6 is 11.6 Å². The van der Waals surface area contributed by atoms with Gasteiger partial charge in [0.15, 0.2) is 0 Å². The van der Waals surface area contributed by atoms with Crippen molar-refractivity contribution < 1.29 is 15.0 Å². The quantitative estimate of drug-likeness (QED) is 0.608. The van der Waals surface area contributed by atoms with Crippen LogP contribution in [-0.4, -0.2) is 41.9 Å². The van der Waals surface area contributed by atoms with Crippen molar-refractivity contribution in [1.82, 2.24) is 5.32 Å². The third-order valence-corrected chi connectivity index (χ3v) is 2.83. The number of rotatable bonds is 7. The highest BCUT2D eigenvalue weighted by molar-refractivity contribution is 6.34. The van der Waals surface area contributed by atoms with Crippen LogP contribution in [0.4, 0.5) is 5.69 Å². The van der Waals surface area contributed by atoms with Crippen molar-refractivity contribution >= 4 is 23.2 Å². The van der Waals surface area contributed by atoms with Crippen molar-refractivity contribution in [3.8, 4) is 0 Å². The number of halogens is 1. The second-order valence-corrected chi connectivity index (χ2v) is 4.58. The zero-order valence-electron chi connectivity index (χ0n) is 10.8. The lowest BCUT2D eigenvalue weighted by atomic mass is 10.1. The second-order valence-electron chi connectivity index (χ2n) is 4.17. The van der Waals surface area contributed by atoms with E-state index in [0.29, 0.717) is 22.8 Å². The minimum atomic E-state index is -0.840. The number of aliphatic hydroxyl groups is 2. The molecule has 0 aliphatic rings. The van der Waals surface area contributed by atoms with Crippen LogP contribution in [0.15, 0.2) is 18.2 Å². The molecule has 0 aromatic heterocycles. The van der Waals surface area contributed by atoms with E-state index in [2.05, 4.69) is 10.6 Å². The molecule has 1 aromatic carbocycles. The molecule has 0 aliphatic carbocycles. The lowest BCUT2D eigenvalue weighted by Gasteiger charge is -2.12. The first kappa shape index (κ1) is 15.8. The third-order valence-electron chi connectivity index (χ3n) is 2.50. The van der Waals surface area contributed by atoms with Crippen LogP contribution in [-0.2, 0) is 0 Å². The van der Waals surface area contributed by atoms with E-state index < -0.39 is 6.10 Å². The van der Waals surface area contributed by atoms with Gasteiger partial charge in [-0.15, -0.1) is 0 Å². The SMILES string of the molecule is CCCNC(=O)c1cc(NCC(O)CO)ccc1Cl. The number of aliphatic hydroxyl groups excluding tert-OH is 2. The van der Waals surface area contributed by atoms with Gasteiger partial charge >= 0.3 is 0 Å². The highest BCUT2D eigenvalue weighted by Gasteiger charge is 2.11. The van der Waals surface area contributed by atoms with E-state index in [9.17, 15) is 9.90 Å². The van der Waals surface area contributed by atoms with E-state index in [1.54, 1.807) is 18.2 Å². The van der Waals surface area contributed by atoms with Crippen molar-refractivity contribution in [3.63, 3.8) is 0 Å². The lowest BCUT2D eigenvalue weighted by molar-refractivity contribution is 0.0954. The number of hydrogen-bond donors (Lipinski definition) is 4. The molecular formula is C13H19ClN2O3. The Morgan fingerprint density at radius 1 is 1.47 bits per heavy atom. The fraction of sp³-hybridized carbons (Fsp3) is 0.462. The smallest absolute Gasteiger partial charge is 0.252 e. The normalized spacial score (nSPS) is 12.0. The Hall–Kier alpha value is -1.30. The molecular weight excluding hydrogens is 268 g/mol. The number of nitrogens with one attached hydrogen (secondary N) is 2. The molecule has 0 bridgehead atoms. The summed E-state index contributed by atoms with van der Waals surface area (Å²) in [7, 11) is 0. The molecule has 4 N–H and O–H groups in total. The highest BCUT2D eigenvalue weighted by atomic mass is 35.5. The summed E-state index contributed by atoms with van der Waals surface area (Å²) in [5.74, 6) is -0.224. The van der Waals surface area contributed by atoms with Gasteiger partial charge in [0, 0.05) is 18.8 Å². The molecule has 0 saturated carbocycles. The van der Waals surface area contributed by atoms with E-state index in [0.717, 1.165) is 6.42 Å². The van der Waals surface area contributed by atoms with Gasteiger partial charge in [-0.25, -0.2) is 0 Å². The van der Waals surface area contributed by atoms with Crippen molar-refractivity contribution in [2.75, 3.05) is 25.0 Å². The van der Waals surface area contributed by atoms with Crippen LogP contribution in [0.5, 0.6) is 0 Å². The minimum absolute atomic E-state index is 0.203. The van der Waals surface area contributed by atoms with E-state index >= 15 is 0 Å². The van der Waals surface area contributed by atoms with Crippen molar-refractivity contribution in [3.05, 3.63) is 28.8 Å². The van der Waals surface area contributed by atoms with Gasteiger partial charge in [-0.1, -0.05) is 18.5 Å². The Morgan fingerprint density at radius 3 is 2.84 bits per heavy atom. The van der Waals surface area contributed by atoms with Gasteiger partial charge in [0.05, 0.1) is 23.3 Å². The molecule has 0 radical (unpaired) electrons. The first-order chi connectivity index (χ1) is 9.08. The number of benzene rings is 1. The predicted octanol–water partition coefficient (Wildman–Crippen LogP) is 1.24. The fourth-order valence-electron chi connectivity index (χ4n) is 1.44. The van der Waals surface area contributed by atoms with Crippen LogP contribution in [0.25, 0.3) is 0 Å². The Kier molecular flexibility index (Phi) is 6.62. The van der Waals surface area contributed by atoms with Crippen LogP contribution in [0.2, 0.25) is 5.02 Å². The first-order valence-electron chi connectivity index (χ1n) is 6.19. The molecule has 1 atom stereocenters. The molecule has 106 valence electrons. The molecule has 1 unspecified atom stereocenters. The maximum Gasteiger partial charge on any atom is 0.252 e. The van der Waals surface area contributed by atoms with Crippen molar-refractivity contribution in [1.29, 1.82) is 0 Å². The maximum atomic E-state index is 11.9. The monoisotopic (exact) mass is 286 g/mol.